The summed E-state index contributed by atoms with van der Waals surface area (Å²) in [6, 6.07) is 2.12. The normalized spacial score (nSPS) is 11.9. The van der Waals surface area contributed by atoms with Crippen LogP contribution in [-0.4, -0.2) is 35.6 Å². The molecule has 0 saturated carbocycles. The van der Waals surface area contributed by atoms with Crippen LogP contribution in [0, 0.1) is 17.2 Å². The molecule has 1 N–H and O–H groups in total. The van der Waals surface area contributed by atoms with E-state index in [9.17, 15) is 4.79 Å². The minimum atomic E-state index is -0.850. The standard InChI is InChI=1S/C13H22N2O2/c1-4-12(13(16)17)6-9-15(8-5-7-14)10-11(2)3/h6,11H,4-5,8-10H2,1-3H3,(H,16,17). The zero-order chi connectivity index (χ0) is 13.3. The largest absolute Gasteiger partial charge is 0.478 e. The summed E-state index contributed by atoms with van der Waals surface area (Å²) in [6.07, 6.45) is 2.76. The second-order valence-corrected chi connectivity index (χ2v) is 4.45. The predicted molar refractivity (Wildman–Crippen MR) is 67.5 cm³/mol. The van der Waals surface area contributed by atoms with Gasteiger partial charge < -0.3 is 5.11 Å². The summed E-state index contributed by atoms with van der Waals surface area (Å²) in [7, 11) is 0. The van der Waals surface area contributed by atoms with E-state index in [-0.39, 0.29) is 0 Å². The van der Waals surface area contributed by atoms with Crippen molar-refractivity contribution in [2.24, 2.45) is 5.92 Å². The number of aliphatic carboxylic acids is 1. The number of hydrogen-bond acceptors (Lipinski definition) is 3. The Morgan fingerprint density at radius 1 is 1.53 bits per heavy atom. The van der Waals surface area contributed by atoms with Crippen LogP contribution in [0.4, 0.5) is 0 Å². The molecule has 0 radical (unpaired) electrons. The lowest BCUT2D eigenvalue weighted by atomic mass is 10.1. The van der Waals surface area contributed by atoms with Crippen molar-refractivity contribution in [1.29, 1.82) is 5.26 Å². The molecule has 0 bridgehead atoms. The average Bonchev–Trinajstić information content (AvgIpc) is 2.25. The number of carbonyl (C=O) groups is 1. The first-order chi connectivity index (χ1) is 8.01. The molecule has 0 aromatic carbocycles. The van der Waals surface area contributed by atoms with Gasteiger partial charge in [-0.1, -0.05) is 26.8 Å². The Bertz CT molecular complexity index is 303. The number of hydrogen-bond donors (Lipinski definition) is 1. The zero-order valence-corrected chi connectivity index (χ0v) is 10.9. The summed E-state index contributed by atoms with van der Waals surface area (Å²) in [5.41, 5.74) is 0.440. The van der Waals surface area contributed by atoms with Crippen LogP contribution < -0.4 is 0 Å². The second-order valence-electron chi connectivity index (χ2n) is 4.45. The summed E-state index contributed by atoms with van der Waals surface area (Å²) in [5, 5.41) is 17.5. The third kappa shape index (κ3) is 7.53. The third-order valence-corrected chi connectivity index (χ3v) is 2.41. The Kier molecular flexibility index (Phi) is 8.08. The molecule has 4 heteroatoms. The first-order valence-corrected chi connectivity index (χ1v) is 6.02. The van der Waals surface area contributed by atoms with Crippen molar-refractivity contribution in [2.75, 3.05) is 19.6 Å². The third-order valence-electron chi connectivity index (χ3n) is 2.41. The highest BCUT2D eigenvalue weighted by atomic mass is 16.4. The van der Waals surface area contributed by atoms with Gasteiger partial charge in [0.15, 0.2) is 0 Å². The van der Waals surface area contributed by atoms with E-state index in [0.29, 0.717) is 37.4 Å². The molecule has 0 unspecified atom stereocenters. The molecule has 0 saturated heterocycles. The highest BCUT2D eigenvalue weighted by molar-refractivity contribution is 5.86. The first kappa shape index (κ1) is 15.7. The van der Waals surface area contributed by atoms with Crippen molar-refractivity contribution in [3.63, 3.8) is 0 Å². The van der Waals surface area contributed by atoms with Crippen molar-refractivity contribution in [3.8, 4) is 6.07 Å². The molecule has 0 rings (SSSR count). The van der Waals surface area contributed by atoms with E-state index < -0.39 is 5.97 Å². The maximum Gasteiger partial charge on any atom is 0.331 e. The van der Waals surface area contributed by atoms with Gasteiger partial charge in [-0.25, -0.2) is 4.79 Å². The lowest BCUT2D eigenvalue weighted by Crippen LogP contribution is -2.29. The summed E-state index contributed by atoms with van der Waals surface area (Å²) in [6.45, 7) is 8.25. The topological polar surface area (TPSA) is 64.3 Å². The molecule has 0 spiro atoms. The molecule has 96 valence electrons. The Balaban J connectivity index is 4.41. The van der Waals surface area contributed by atoms with Gasteiger partial charge in [-0.15, -0.1) is 0 Å². The first-order valence-electron chi connectivity index (χ1n) is 6.02. The van der Waals surface area contributed by atoms with E-state index in [1.54, 1.807) is 6.08 Å². The van der Waals surface area contributed by atoms with Crippen molar-refractivity contribution in [1.82, 2.24) is 4.90 Å². The van der Waals surface area contributed by atoms with Crippen LogP contribution in [-0.2, 0) is 4.79 Å². The van der Waals surface area contributed by atoms with E-state index in [1.807, 2.05) is 6.92 Å². The Morgan fingerprint density at radius 2 is 2.18 bits per heavy atom. The molecule has 0 aliphatic heterocycles. The van der Waals surface area contributed by atoms with Gasteiger partial charge >= 0.3 is 5.97 Å². The lowest BCUT2D eigenvalue weighted by molar-refractivity contribution is -0.132. The van der Waals surface area contributed by atoms with Gasteiger partial charge in [-0.05, 0) is 12.3 Å². The molecule has 0 aromatic heterocycles. The maximum absolute atomic E-state index is 10.8. The number of nitriles is 1. The molecule has 0 aliphatic rings. The van der Waals surface area contributed by atoms with Crippen LogP contribution in [0.5, 0.6) is 0 Å². The summed E-state index contributed by atoms with van der Waals surface area (Å²) in [4.78, 5) is 13.0. The number of carboxylic acids is 1. The van der Waals surface area contributed by atoms with Crippen molar-refractivity contribution >= 4 is 5.97 Å². The van der Waals surface area contributed by atoms with E-state index in [1.165, 1.54) is 0 Å². The molecule has 4 nitrogen and oxygen atoms in total. The van der Waals surface area contributed by atoms with Crippen LogP contribution in [0.1, 0.15) is 33.6 Å². The minimum absolute atomic E-state index is 0.440. The molecule has 0 atom stereocenters. The summed E-state index contributed by atoms with van der Waals surface area (Å²) < 4.78 is 0. The van der Waals surface area contributed by atoms with Gasteiger partial charge in [0.1, 0.15) is 0 Å². The average molecular weight is 238 g/mol. The number of rotatable bonds is 8. The molecule has 0 amide bonds. The van der Waals surface area contributed by atoms with Gasteiger partial charge in [-0.2, -0.15) is 5.26 Å². The van der Waals surface area contributed by atoms with Gasteiger partial charge in [0.05, 0.1) is 6.07 Å². The highest BCUT2D eigenvalue weighted by Gasteiger charge is 2.08. The molecular formula is C13H22N2O2. The van der Waals surface area contributed by atoms with Crippen molar-refractivity contribution in [3.05, 3.63) is 11.6 Å². The molecular weight excluding hydrogens is 216 g/mol. The fourth-order valence-corrected chi connectivity index (χ4v) is 1.60. The quantitative estimate of drug-likeness (QED) is 0.659. The maximum atomic E-state index is 10.8. The second kappa shape index (κ2) is 8.77. The number of nitrogens with zero attached hydrogens (tertiary/aromatic N) is 2. The fraction of sp³-hybridized carbons (Fsp3) is 0.692. The Morgan fingerprint density at radius 3 is 2.59 bits per heavy atom. The molecule has 0 aromatic rings. The smallest absolute Gasteiger partial charge is 0.331 e. The minimum Gasteiger partial charge on any atom is -0.478 e. The number of carboxylic acid groups (broad SMARTS) is 1. The zero-order valence-electron chi connectivity index (χ0n) is 10.9. The SMILES string of the molecule is CCC(=CCN(CCC#N)CC(C)C)C(=O)O. The van der Waals surface area contributed by atoms with Crippen molar-refractivity contribution in [2.45, 2.75) is 33.6 Å². The Hall–Kier alpha value is -1.34. The van der Waals surface area contributed by atoms with Crippen LogP contribution in [0.3, 0.4) is 0 Å². The predicted octanol–water partition coefficient (Wildman–Crippen LogP) is 2.28. The van der Waals surface area contributed by atoms with Crippen LogP contribution >= 0.6 is 0 Å². The monoisotopic (exact) mass is 238 g/mol. The van der Waals surface area contributed by atoms with Gasteiger partial charge in [-0.3, -0.25) is 4.90 Å². The summed E-state index contributed by atoms with van der Waals surface area (Å²) in [5.74, 6) is -0.339. The van der Waals surface area contributed by atoms with Gasteiger partial charge in [0.2, 0.25) is 0 Å². The van der Waals surface area contributed by atoms with Gasteiger partial charge in [0.25, 0.3) is 0 Å². The molecule has 0 heterocycles. The molecule has 0 fully saturated rings. The molecule has 0 aliphatic carbocycles. The van der Waals surface area contributed by atoms with E-state index >= 15 is 0 Å². The van der Waals surface area contributed by atoms with Crippen molar-refractivity contribution < 1.29 is 9.90 Å². The van der Waals surface area contributed by atoms with E-state index in [0.717, 1.165) is 6.54 Å². The summed E-state index contributed by atoms with van der Waals surface area (Å²) >= 11 is 0. The van der Waals surface area contributed by atoms with E-state index in [2.05, 4.69) is 24.8 Å². The molecule has 17 heavy (non-hydrogen) atoms. The fourth-order valence-electron chi connectivity index (χ4n) is 1.60. The van der Waals surface area contributed by atoms with E-state index in [4.69, 9.17) is 10.4 Å². The van der Waals surface area contributed by atoms with Crippen LogP contribution in [0.2, 0.25) is 0 Å². The highest BCUT2D eigenvalue weighted by Crippen LogP contribution is 2.04. The van der Waals surface area contributed by atoms with Crippen LogP contribution in [0.15, 0.2) is 11.6 Å². The Labute approximate surface area is 104 Å². The van der Waals surface area contributed by atoms with Crippen LogP contribution in [0.25, 0.3) is 0 Å². The lowest BCUT2D eigenvalue weighted by Gasteiger charge is -2.21. The van der Waals surface area contributed by atoms with Gasteiger partial charge in [0, 0.05) is 31.6 Å².